The molecule has 1 aromatic heterocycles. The van der Waals surface area contributed by atoms with Crippen LogP contribution in [0.1, 0.15) is 16.9 Å². The van der Waals surface area contributed by atoms with E-state index in [0.717, 1.165) is 12.6 Å². The first-order valence-electron chi connectivity index (χ1n) is 4.70. The summed E-state index contributed by atoms with van der Waals surface area (Å²) in [6.07, 6.45) is 1.34. The number of thiophene rings is 1. The Labute approximate surface area is 87.9 Å². The summed E-state index contributed by atoms with van der Waals surface area (Å²) in [5, 5.41) is 5.85. The van der Waals surface area contributed by atoms with Gasteiger partial charge in [0.1, 0.15) is 0 Å². The lowest BCUT2D eigenvalue weighted by molar-refractivity contribution is 0.558. The smallest absolute Gasteiger partial charge is 0.0216 e. The molecular formula is C10H15NS2. The molecule has 1 atom stereocenters. The topological polar surface area (TPSA) is 12.0 Å². The molecule has 1 N–H and O–H groups in total. The Morgan fingerprint density at radius 3 is 3.15 bits per heavy atom. The summed E-state index contributed by atoms with van der Waals surface area (Å²) in [4.78, 5) is 1.41. The molecule has 0 aromatic carbocycles. The normalized spacial score (nSPS) is 22.4. The molecule has 1 nitrogen and oxygen atoms in total. The maximum absolute atomic E-state index is 3.60. The predicted molar refractivity (Wildman–Crippen MR) is 61.6 cm³/mol. The summed E-state index contributed by atoms with van der Waals surface area (Å²) >= 11 is 3.90. The largest absolute Gasteiger partial charge is 0.309 e. The van der Waals surface area contributed by atoms with Crippen LogP contribution in [0.2, 0.25) is 0 Å². The SMILES string of the molecule is Cc1cc(CNC2CCSC2)cs1. The standard InChI is InChI=1S/C10H15NS2/c1-8-4-9(6-13-8)5-11-10-2-3-12-7-10/h4,6,10-11H,2-3,5,7H2,1H3. The van der Waals surface area contributed by atoms with E-state index in [0.29, 0.717) is 0 Å². The van der Waals surface area contributed by atoms with Crippen LogP contribution in [-0.4, -0.2) is 17.5 Å². The van der Waals surface area contributed by atoms with Crippen LogP contribution in [-0.2, 0) is 6.54 Å². The first-order valence-corrected chi connectivity index (χ1v) is 6.73. The third-order valence-corrected chi connectivity index (χ3v) is 4.38. The minimum atomic E-state index is 0.755. The molecule has 2 heterocycles. The molecule has 0 bridgehead atoms. The molecule has 72 valence electrons. The third-order valence-electron chi connectivity index (χ3n) is 2.31. The van der Waals surface area contributed by atoms with Crippen LogP contribution >= 0.6 is 23.1 Å². The highest BCUT2D eigenvalue weighted by Crippen LogP contribution is 2.18. The van der Waals surface area contributed by atoms with Crippen LogP contribution in [0.25, 0.3) is 0 Å². The number of nitrogens with one attached hydrogen (secondary N) is 1. The van der Waals surface area contributed by atoms with Gasteiger partial charge in [0.2, 0.25) is 0 Å². The van der Waals surface area contributed by atoms with E-state index in [1.165, 1.54) is 28.4 Å². The molecule has 1 aliphatic rings. The summed E-state index contributed by atoms with van der Waals surface area (Å²) in [5.74, 6) is 2.63. The fourth-order valence-electron chi connectivity index (χ4n) is 1.55. The first kappa shape index (κ1) is 9.56. The molecule has 1 fully saturated rings. The number of aryl methyl sites for hydroxylation is 1. The molecule has 0 saturated carbocycles. The average Bonchev–Trinajstić information content (AvgIpc) is 2.71. The highest BCUT2D eigenvalue weighted by Gasteiger charge is 2.14. The zero-order chi connectivity index (χ0) is 9.10. The van der Waals surface area contributed by atoms with Crippen molar-refractivity contribution in [2.24, 2.45) is 0 Å². The van der Waals surface area contributed by atoms with E-state index in [1.807, 2.05) is 11.3 Å². The molecule has 0 aliphatic carbocycles. The van der Waals surface area contributed by atoms with Crippen LogP contribution in [0, 0.1) is 6.92 Å². The summed E-state index contributed by atoms with van der Waals surface area (Å²) in [7, 11) is 0. The monoisotopic (exact) mass is 213 g/mol. The van der Waals surface area contributed by atoms with Crippen LogP contribution < -0.4 is 5.32 Å². The summed E-state index contributed by atoms with van der Waals surface area (Å²) < 4.78 is 0. The minimum Gasteiger partial charge on any atom is -0.309 e. The highest BCUT2D eigenvalue weighted by molar-refractivity contribution is 7.99. The summed E-state index contributed by atoms with van der Waals surface area (Å²) in [6, 6.07) is 3.03. The highest BCUT2D eigenvalue weighted by atomic mass is 32.2. The van der Waals surface area contributed by atoms with Gasteiger partial charge in [0.05, 0.1) is 0 Å². The maximum atomic E-state index is 3.60. The molecule has 0 amide bonds. The van der Waals surface area contributed by atoms with Gasteiger partial charge in [-0.25, -0.2) is 0 Å². The van der Waals surface area contributed by atoms with Gasteiger partial charge in [-0.2, -0.15) is 11.8 Å². The quantitative estimate of drug-likeness (QED) is 0.828. The van der Waals surface area contributed by atoms with E-state index >= 15 is 0 Å². The third kappa shape index (κ3) is 2.73. The Morgan fingerprint density at radius 1 is 1.62 bits per heavy atom. The van der Waals surface area contributed by atoms with Gasteiger partial charge in [0.15, 0.2) is 0 Å². The first-order chi connectivity index (χ1) is 6.34. The van der Waals surface area contributed by atoms with Crippen molar-refractivity contribution in [2.75, 3.05) is 11.5 Å². The van der Waals surface area contributed by atoms with Crippen molar-refractivity contribution in [3.8, 4) is 0 Å². The lowest BCUT2D eigenvalue weighted by Gasteiger charge is -2.09. The van der Waals surface area contributed by atoms with Gasteiger partial charge in [-0.15, -0.1) is 11.3 Å². The van der Waals surface area contributed by atoms with E-state index in [2.05, 4.69) is 35.4 Å². The molecule has 1 unspecified atom stereocenters. The maximum Gasteiger partial charge on any atom is 0.0216 e. The predicted octanol–water partition coefficient (Wildman–Crippen LogP) is 2.65. The summed E-state index contributed by atoms with van der Waals surface area (Å²) in [5.41, 5.74) is 1.44. The van der Waals surface area contributed by atoms with Crippen LogP contribution in [0.4, 0.5) is 0 Å². The number of thioether (sulfide) groups is 1. The lowest BCUT2D eigenvalue weighted by atomic mass is 10.2. The van der Waals surface area contributed by atoms with Gasteiger partial charge in [-0.3, -0.25) is 0 Å². The average molecular weight is 213 g/mol. The van der Waals surface area contributed by atoms with E-state index in [9.17, 15) is 0 Å². The van der Waals surface area contributed by atoms with Crippen molar-refractivity contribution in [1.29, 1.82) is 0 Å². The number of rotatable bonds is 3. The summed E-state index contributed by atoms with van der Waals surface area (Å²) in [6.45, 7) is 3.22. The van der Waals surface area contributed by atoms with Crippen molar-refractivity contribution in [1.82, 2.24) is 5.32 Å². The van der Waals surface area contributed by atoms with Gasteiger partial charge in [-0.1, -0.05) is 0 Å². The molecule has 3 heteroatoms. The van der Waals surface area contributed by atoms with E-state index in [4.69, 9.17) is 0 Å². The Balaban J connectivity index is 1.78. The second kappa shape index (κ2) is 4.49. The lowest BCUT2D eigenvalue weighted by Crippen LogP contribution is -2.27. The second-order valence-corrected chi connectivity index (χ2v) is 5.77. The van der Waals surface area contributed by atoms with Gasteiger partial charge >= 0.3 is 0 Å². The van der Waals surface area contributed by atoms with Crippen molar-refractivity contribution in [2.45, 2.75) is 25.9 Å². The molecule has 1 aromatic rings. The zero-order valence-electron chi connectivity index (χ0n) is 7.88. The van der Waals surface area contributed by atoms with Gasteiger partial charge < -0.3 is 5.32 Å². The van der Waals surface area contributed by atoms with Gasteiger partial charge in [-0.05, 0) is 36.1 Å². The molecule has 2 rings (SSSR count). The Hall–Kier alpha value is 0.01000. The van der Waals surface area contributed by atoms with Crippen molar-refractivity contribution in [3.63, 3.8) is 0 Å². The molecule has 0 radical (unpaired) electrons. The van der Waals surface area contributed by atoms with E-state index in [1.54, 1.807) is 0 Å². The molecule has 1 saturated heterocycles. The molecule has 0 spiro atoms. The van der Waals surface area contributed by atoms with E-state index in [-0.39, 0.29) is 0 Å². The molecule has 13 heavy (non-hydrogen) atoms. The minimum absolute atomic E-state index is 0.755. The van der Waals surface area contributed by atoms with Gasteiger partial charge in [0, 0.05) is 23.2 Å². The Bertz CT molecular complexity index is 264. The van der Waals surface area contributed by atoms with E-state index < -0.39 is 0 Å². The Morgan fingerprint density at radius 2 is 2.54 bits per heavy atom. The van der Waals surface area contributed by atoms with Crippen LogP contribution in [0.5, 0.6) is 0 Å². The molecule has 1 aliphatic heterocycles. The van der Waals surface area contributed by atoms with Gasteiger partial charge in [0.25, 0.3) is 0 Å². The van der Waals surface area contributed by atoms with Crippen molar-refractivity contribution >= 4 is 23.1 Å². The zero-order valence-corrected chi connectivity index (χ0v) is 9.51. The number of hydrogen-bond donors (Lipinski definition) is 1. The number of hydrogen-bond acceptors (Lipinski definition) is 3. The Kier molecular flexibility index (Phi) is 3.30. The fourth-order valence-corrected chi connectivity index (χ4v) is 3.44. The second-order valence-electron chi connectivity index (χ2n) is 3.51. The van der Waals surface area contributed by atoms with Crippen molar-refractivity contribution in [3.05, 3.63) is 21.9 Å². The van der Waals surface area contributed by atoms with Crippen LogP contribution in [0.3, 0.4) is 0 Å². The molecular weight excluding hydrogens is 198 g/mol. The van der Waals surface area contributed by atoms with Crippen molar-refractivity contribution < 1.29 is 0 Å². The fraction of sp³-hybridized carbons (Fsp3) is 0.600. The van der Waals surface area contributed by atoms with Crippen LogP contribution in [0.15, 0.2) is 11.4 Å².